The predicted octanol–water partition coefficient (Wildman–Crippen LogP) is 3.95. The van der Waals surface area contributed by atoms with Crippen LogP contribution >= 0.6 is 23.2 Å². The Bertz CT molecular complexity index is 416. The van der Waals surface area contributed by atoms with Crippen molar-refractivity contribution in [1.82, 2.24) is 0 Å². The second kappa shape index (κ2) is 5.03. The van der Waals surface area contributed by atoms with E-state index in [0.717, 1.165) is 31.1 Å². The molecule has 2 nitrogen and oxygen atoms in total. The van der Waals surface area contributed by atoms with Gasteiger partial charge in [0.1, 0.15) is 0 Å². The van der Waals surface area contributed by atoms with Crippen LogP contribution < -0.4 is 9.80 Å². The van der Waals surface area contributed by atoms with Crippen molar-refractivity contribution in [3.05, 3.63) is 47.5 Å². The molecule has 0 aromatic heterocycles. The highest BCUT2D eigenvalue weighted by Crippen LogP contribution is 2.41. The van der Waals surface area contributed by atoms with Gasteiger partial charge >= 0.3 is 0 Å². The molecule has 17 heavy (non-hydrogen) atoms. The zero-order chi connectivity index (χ0) is 12.4. The average molecular weight is 269 g/mol. The molecule has 0 saturated heterocycles. The van der Waals surface area contributed by atoms with Gasteiger partial charge in [-0.15, -0.1) is 13.2 Å². The molecule has 0 radical (unpaired) electrons. The molecule has 0 N–H and O–H groups in total. The zero-order valence-corrected chi connectivity index (χ0v) is 11.0. The molecule has 1 aliphatic rings. The number of hydrogen-bond donors (Lipinski definition) is 0. The molecule has 4 heteroatoms. The van der Waals surface area contributed by atoms with E-state index in [0.29, 0.717) is 10.0 Å². The van der Waals surface area contributed by atoms with Gasteiger partial charge < -0.3 is 9.80 Å². The summed E-state index contributed by atoms with van der Waals surface area (Å²) < 4.78 is 0. The summed E-state index contributed by atoms with van der Waals surface area (Å²) in [7, 11) is 0. The summed E-state index contributed by atoms with van der Waals surface area (Å²) in [5.74, 6) is 0. The molecule has 0 aliphatic carbocycles. The first-order chi connectivity index (χ1) is 8.17. The molecule has 1 aliphatic heterocycles. The highest BCUT2D eigenvalue weighted by molar-refractivity contribution is 6.42. The number of rotatable bonds is 4. The lowest BCUT2D eigenvalue weighted by atomic mass is 10.2. The van der Waals surface area contributed by atoms with Gasteiger partial charge in [0.05, 0.1) is 28.1 Å². The van der Waals surface area contributed by atoms with Crippen LogP contribution in [0.2, 0.25) is 10.0 Å². The van der Waals surface area contributed by atoms with Crippen molar-refractivity contribution in [3.63, 3.8) is 0 Å². The molecule has 2 rings (SSSR count). The number of hydrogen-bond acceptors (Lipinski definition) is 2. The maximum atomic E-state index is 6.06. The molecule has 0 saturated carbocycles. The molecule has 0 amide bonds. The van der Waals surface area contributed by atoms with E-state index in [-0.39, 0.29) is 0 Å². The van der Waals surface area contributed by atoms with Crippen molar-refractivity contribution in [1.29, 1.82) is 0 Å². The van der Waals surface area contributed by atoms with Crippen LogP contribution in [0, 0.1) is 0 Å². The number of halogens is 2. The quantitative estimate of drug-likeness (QED) is 0.764. The summed E-state index contributed by atoms with van der Waals surface area (Å²) in [6.45, 7) is 9.93. The first-order valence-electron chi connectivity index (χ1n) is 5.38. The van der Waals surface area contributed by atoms with E-state index in [1.54, 1.807) is 0 Å². The molecule has 1 heterocycles. The Morgan fingerprint density at radius 1 is 1.00 bits per heavy atom. The maximum absolute atomic E-state index is 6.06. The Morgan fingerprint density at radius 2 is 1.41 bits per heavy atom. The van der Waals surface area contributed by atoms with Gasteiger partial charge in [0.15, 0.2) is 0 Å². The molecule has 0 atom stereocenters. The van der Waals surface area contributed by atoms with E-state index in [1.165, 1.54) is 0 Å². The van der Waals surface area contributed by atoms with E-state index < -0.39 is 0 Å². The monoisotopic (exact) mass is 268 g/mol. The van der Waals surface area contributed by atoms with Crippen molar-refractivity contribution < 1.29 is 0 Å². The van der Waals surface area contributed by atoms with Gasteiger partial charge in [-0.3, -0.25) is 0 Å². The van der Waals surface area contributed by atoms with Crippen LogP contribution in [-0.2, 0) is 0 Å². The summed E-state index contributed by atoms with van der Waals surface area (Å²) in [5, 5.41) is 1.17. The average Bonchev–Trinajstić information content (AvgIpc) is 2.60. The Kier molecular flexibility index (Phi) is 3.65. The van der Waals surface area contributed by atoms with Crippen LogP contribution in [0.4, 0.5) is 11.4 Å². The van der Waals surface area contributed by atoms with Crippen molar-refractivity contribution in [2.75, 3.05) is 29.6 Å². The van der Waals surface area contributed by atoms with Crippen molar-refractivity contribution in [2.45, 2.75) is 0 Å². The topological polar surface area (TPSA) is 6.48 Å². The van der Waals surface area contributed by atoms with Crippen molar-refractivity contribution in [3.8, 4) is 0 Å². The lowest BCUT2D eigenvalue weighted by molar-refractivity contribution is 0.844. The van der Waals surface area contributed by atoms with E-state index in [1.807, 2.05) is 24.3 Å². The fourth-order valence-corrected chi connectivity index (χ4v) is 2.33. The summed E-state index contributed by atoms with van der Waals surface area (Å²) in [6.07, 6.45) is 3.76. The standard InChI is InChI=1S/C13H14Cl2N2/c1-3-5-16-9-17(6-4-2)13-8-11(15)10(14)7-12(13)16/h3-4,7-8H,1-2,5-6,9H2. The smallest absolute Gasteiger partial charge is 0.0910 e. The fourth-order valence-electron chi connectivity index (χ4n) is 2.01. The Hall–Kier alpha value is -1.12. The molecular weight excluding hydrogens is 255 g/mol. The highest BCUT2D eigenvalue weighted by atomic mass is 35.5. The van der Waals surface area contributed by atoms with E-state index in [2.05, 4.69) is 23.0 Å². The first-order valence-corrected chi connectivity index (χ1v) is 6.13. The molecule has 0 spiro atoms. The minimum atomic E-state index is 0.583. The molecular formula is C13H14Cl2N2. The number of nitrogens with zero attached hydrogens (tertiary/aromatic N) is 2. The van der Waals surface area contributed by atoms with Crippen molar-refractivity contribution in [2.24, 2.45) is 0 Å². The molecule has 0 fully saturated rings. The van der Waals surface area contributed by atoms with Gasteiger partial charge in [-0.05, 0) is 12.1 Å². The highest BCUT2D eigenvalue weighted by Gasteiger charge is 2.25. The van der Waals surface area contributed by atoms with Gasteiger partial charge in [0.2, 0.25) is 0 Å². The Labute approximate surface area is 112 Å². The van der Waals surface area contributed by atoms with Crippen LogP contribution in [0.5, 0.6) is 0 Å². The normalized spacial score (nSPS) is 13.8. The van der Waals surface area contributed by atoms with Gasteiger partial charge in [-0.2, -0.15) is 0 Å². The van der Waals surface area contributed by atoms with Crippen LogP contribution in [-0.4, -0.2) is 19.8 Å². The summed E-state index contributed by atoms with van der Waals surface area (Å²) >= 11 is 12.1. The molecule has 1 aromatic carbocycles. The number of fused-ring (bicyclic) bond motifs is 1. The molecule has 1 aromatic rings. The summed E-state index contributed by atoms with van der Waals surface area (Å²) in [4.78, 5) is 4.40. The molecule has 0 bridgehead atoms. The lowest BCUT2D eigenvalue weighted by Gasteiger charge is -2.19. The van der Waals surface area contributed by atoms with Gasteiger partial charge in [0, 0.05) is 13.1 Å². The fraction of sp³-hybridized carbons (Fsp3) is 0.231. The lowest BCUT2D eigenvalue weighted by Crippen LogP contribution is -2.30. The largest absolute Gasteiger partial charge is 0.348 e. The van der Waals surface area contributed by atoms with Crippen LogP contribution in [0.3, 0.4) is 0 Å². The second-order valence-corrected chi connectivity index (χ2v) is 4.73. The van der Waals surface area contributed by atoms with Gasteiger partial charge in [0.25, 0.3) is 0 Å². The number of benzene rings is 1. The molecule has 90 valence electrons. The third kappa shape index (κ3) is 2.28. The minimum absolute atomic E-state index is 0.583. The van der Waals surface area contributed by atoms with Crippen LogP contribution in [0.1, 0.15) is 0 Å². The predicted molar refractivity (Wildman–Crippen MR) is 76.4 cm³/mol. The van der Waals surface area contributed by atoms with Crippen molar-refractivity contribution >= 4 is 34.6 Å². The summed E-state index contributed by atoms with van der Waals surface area (Å²) in [5.41, 5.74) is 2.20. The number of anilines is 2. The third-order valence-corrected chi connectivity index (χ3v) is 3.46. The van der Waals surface area contributed by atoms with E-state index in [4.69, 9.17) is 23.2 Å². The summed E-state index contributed by atoms with van der Waals surface area (Å²) in [6, 6.07) is 3.82. The van der Waals surface area contributed by atoms with Crippen LogP contribution in [0.15, 0.2) is 37.4 Å². The SMILES string of the molecule is C=CCN1CN(CC=C)c2cc(Cl)c(Cl)cc21. The van der Waals surface area contributed by atoms with Gasteiger partial charge in [-0.25, -0.2) is 0 Å². The van der Waals surface area contributed by atoms with E-state index in [9.17, 15) is 0 Å². The van der Waals surface area contributed by atoms with Crippen LogP contribution in [0.25, 0.3) is 0 Å². The Balaban J connectivity index is 2.42. The maximum Gasteiger partial charge on any atom is 0.0910 e. The Morgan fingerprint density at radius 3 is 1.76 bits per heavy atom. The molecule has 0 unspecified atom stereocenters. The zero-order valence-electron chi connectivity index (χ0n) is 9.50. The van der Waals surface area contributed by atoms with Gasteiger partial charge in [-0.1, -0.05) is 35.4 Å². The third-order valence-electron chi connectivity index (χ3n) is 2.74. The second-order valence-electron chi connectivity index (χ2n) is 3.92. The first kappa shape index (κ1) is 12.3. The van der Waals surface area contributed by atoms with E-state index >= 15 is 0 Å². The minimum Gasteiger partial charge on any atom is -0.348 e.